The fourth-order valence-corrected chi connectivity index (χ4v) is 4.16. The standard InChI is InChI=1S/C30H22N4/c1-5-13-23(14-6-1)27-21-29(33(31-27)25-17-9-3-10-18-25)30-22-28(24-15-7-2-8-16-24)32-34(30)26-19-11-4-12-20-26/h1-22H. The smallest absolute Gasteiger partial charge is 0.0934 e. The maximum atomic E-state index is 5.02. The summed E-state index contributed by atoms with van der Waals surface area (Å²) in [5, 5.41) is 10.0. The molecule has 162 valence electrons. The van der Waals surface area contributed by atoms with Gasteiger partial charge in [-0.15, -0.1) is 0 Å². The molecule has 0 saturated carbocycles. The van der Waals surface area contributed by atoms with E-state index in [1.54, 1.807) is 0 Å². The van der Waals surface area contributed by atoms with E-state index >= 15 is 0 Å². The van der Waals surface area contributed by atoms with Gasteiger partial charge in [-0.05, 0) is 36.4 Å². The Morgan fingerprint density at radius 2 is 0.706 bits per heavy atom. The molecule has 0 atom stereocenters. The monoisotopic (exact) mass is 438 g/mol. The molecule has 0 saturated heterocycles. The Morgan fingerprint density at radius 1 is 0.382 bits per heavy atom. The van der Waals surface area contributed by atoms with Crippen LogP contribution in [0.15, 0.2) is 133 Å². The van der Waals surface area contributed by atoms with Gasteiger partial charge in [0.05, 0.1) is 34.2 Å². The molecule has 0 radical (unpaired) electrons. The van der Waals surface area contributed by atoms with Crippen molar-refractivity contribution in [2.24, 2.45) is 0 Å². The van der Waals surface area contributed by atoms with Crippen LogP contribution in [-0.2, 0) is 0 Å². The molecular weight excluding hydrogens is 416 g/mol. The number of rotatable bonds is 5. The van der Waals surface area contributed by atoms with Gasteiger partial charge in [-0.1, -0.05) is 97.1 Å². The maximum absolute atomic E-state index is 5.02. The summed E-state index contributed by atoms with van der Waals surface area (Å²) >= 11 is 0. The Labute approximate surface area is 198 Å². The second-order valence-electron chi connectivity index (χ2n) is 8.06. The zero-order valence-corrected chi connectivity index (χ0v) is 18.5. The van der Waals surface area contributed by atoms with Crippen molar-refractivity contribution < 1.29 is 0 Å². The number of aromatic nitrogens is 4. The summed E-state index contributed by atoms with van der Waals surface area (Å²) in [6.45, 7) is 0. The minimum absolute atomic E-state index is 0.918. The third-order valence-electron chi connectivity index (χ3n) is 5.82. The highest BCUT2D eigenvalue weighted by molar-refractivity contribution is 5.73. The topological polar surface area (TPSA) is 35.6 Å². The molecule has 4 aromatic carbocycles. The Hall–Kier alpha value is -4.70. The lowest BCUT2D eigenvalue weighted by Gasteiger charge is -2.10. The minimum atomic E-state index is 0.918. The zero-order chi connectivity index (χ0) is 22.7. The van der Waals surface area contributed by atoms with Crippen molar-refractivity contribution in [3.8, 4) is 45.3 Å². The van der Waals surface area contributed by atoms with Crippen LogP contribution in [0.4, 0.5) is 0 Å². The summed E-state index contributed by atoms with van der Waals surface area (Å²) < 4.78 is 4.01. The lowest BCUT2D eigenvalue weighted by molar-refractivity contribution is 0.851. The molecule has 0 bridgehead atoms. The maximum Gasteiger partial charge on any atom is 0.0934 e. The summed E-state index contributed by atoms with van der Waals surface area (Å²) in [6.07, 6.45) is 0. The van der Waals surface area contributed by atoms with Gasteiger partial charge >= 0.3 is 0 Å². The number of hydrogen-bond acceptors (Lipinski definition) is 2. The lowest BCUT2D eigenvalue weighted by Crippen LogP contribution is -2.04. The first kappa shape index (κ1) is 19.9. The quantitative estimate of drug-likeness (QED) is 0.289. The predicted molar refractivity (Wildman–Crippen MR) is 137 cm³/mol. The fourth-order valence-electron chi connectivity index (χ4n) is 4.16. The molecule has 0 unspecified atom stereocenters. The zero-order valence-electron chi connectivity index (χ0n) is 18.5. The van der Waals surface area contributed by atoms with Crippen molar-refractivity contribution in [2.75, 3.05) is 0 Å². The van der Waals surface area contributed by atoms with Gasteiger partial charge in [0.2, 0.25) is 0 Å². The molecule has 0 fully saturated rings. The van der Waals surface area contributed by atoms with Crippen LogP contribution in [-0.4, -0.2) is 19.6 Å². The largest absolute Gasteiger partial charge is 0.231 e. The molecule has 4 nitrogen and oxygen atoms in total. The second-order valence-corrected chi connectivity index (χ2v) is 8.06. The summed E-state index contributed by atoms with van der Waals surface area (Å²) in [7, 11) is 0. The lowest BCUT2D eigenvalue weighted by atomic mass is 10.1. The van der Waals surface area contributed by atoms with Crippen molar-refractivity contribution in [1.82, 2.24) is 19.6 Å². The average Bonchev–Trinajstić information content (AvgIpc) is 3.56. The van der Waals surface area contributed by atoms with Gasteiger partial charge in [0.25, 0.3) is 0 Å². The van der Waals surface area contributed by atoms with Crippen LogP contribution in [0.5, 0.6) is 0 Å². The molecule has 0 spiro atoms. The highest BCUT2D eigenvalue weighted by Gasteiger charge is 2.19. The SMILES string of the molecule is c1ccc(-c2cc(-c3cc(-c4ccccc4)nn3-c3ccccc3)n(-c3ccccc3)n2)cc1. The van der Waals surface area contributed by atoms with Crippen LogP contribution >= 0.6 is 0 Å². The third-order valence-corrected chi connectivity index (χ3v) is 5.82. The Morgan fingerprint density at radius 3 is 1.06 bits per heavy atom. The molecule has 4 heteroatoms. The van der Waals surface area contributed by atoms with Gasteiger partial charge < -0.3 is 0 Å². The van der Waals surface area contributed by atoms with E-state index in [-0.39, 0.29) is 0 Å². The van der Waals surface area contributed by atoms with Gasteiger partial charge in [0.1, 0.15) is 0 Å². The van der Waals surface area contributed by atoms with Crippen molar-refractivity contribution in [3.63, 3.8) is 0 Å². The Bertz CT molecular complexity index is 1400. The van der Waals surface area contributed by atoms with Crippen molar-refractivity contribution in [2.45, 2.75) is 0 Å². The molecule has 6 aromatic rings. The van der Waals surface area contributed by atoms with E-state index in [4.69, 9.17) is 10.2 Å². The minimum Gasteiger partial charge on any atom is -0.231 e. The number of hydrogen-bond donors (Lipinski definition) is 0. The molecule has 2 heterocycles. The highest BCUT2D eigenvalue weighted by atomic mass is 15.3. The van der Waals surface area contributed by atoms with E-state index in [1.165, 1.54) is 0 Å². The average molecular weight is 439 g/mol. The summed E-state index contributed by atoms with van der Waals surface area (Å²) in [6, 6.07) is 45.3. The summed E-state index contributed by atoms with van der Waals surface area (Å²) in [5.41, 5.74) is 7.94. The first-order chi connectivity index (χ1) is 16.9. The molecule has 0 aliphatic carbocycles. The van der Waals surface area contributed by atoms with Gasteiger partial charge in [-0.25, -0.2) is 9.36 Å². The summed E-state index contributed by atoms with van der Waals surface area (Å²) in [4.78, 5) is 0. The van der Waals surface area contributed by atoms with Gasteiger partial charge in [0.15, 0.2) is 0 Å². The molecule has 0 aliphatic heterocycles. The molecule has 6 rings (SSSR count). The second kappa shape index (κ2) is 8.68. The number of para-hydroxylation sites is 2. The van der Waals surface area contributed by atoms with Crippen LogP contribution in [0.1, 0.15) is 0 Å². The molecule has 0 amide bonds. The van der Waals surface area contributed by atoms with Crippen molar-refractivity contribution in [3.05, 3.63) is 133 Å². The summed E-state index contributed by atoms with van der Waals surface area (Å²) in [5.74, 6) is 0. The van der Waals surface area contributed by atoms with Crippen molar-refractivity contribution in [1.29, 1.82) is 0 Å². The fraction of sp³-hybridized carbons (Fsp3) is 0. The van der Waals surface area contributed by atoms with Crippen molar-refractivity contribution >= 4 is 0 Å². The third kappa shape index (κ3) is 3.71. The Balaban J connectivity index is 1.61. The van der Waals surface area contributed by atoms with E-state index in [2.05, 4.69) is 60.7 Å². The van der Waals surface area contributed by atoms with E-state index < -0.39 is 0 Å². The Kier molecular flexibility index (Phi) is 5.09. The van der Waals surface area contributed by atoms with Crippen LogP contribution in [0, 0.1) is 0 Å². The van der Waals surface area contributed by atoms with Gasteiger partial charge in [0, 0.05) is 11.1 Å². The van der Waals surface area contributed by atoms with Crippen LogP contribution in [0.3, 0.4) is 0 Å². The number of nitrogens with zero attached hydrogens (tertiary/aromatic N) is 4. The van der Waals surface area contributed by atoms with E-state index in [1.807, 2.05) is 82.2 Å². The first-order valence-electron chi connectivity index (χ1n) is 11.3. The molecule has 0 N–H and O–H groups in total. The first-order valence-corrected chi connectivity index (χ1v) is 11.3. The highest BCUT2D eigenvalue weighted by Crippen LogP contribution is 2.33. The van der Waals surface area contributed by atoms with Crippen LogP contribution in [0.2, 0.25) is 0 Å². The normalized spacial score (nSPS) is 10.9. The van der Waals surface area contributed by atoms with Crippen LogP contribution < -0.4 is 0 Å². The molecule has 2 aromatic heterocycles. The van der Waals surface area contributed by atoms with Gasteiger partial charge in [-0.3, -0.25) is 0 Å². The molecular formula is C30H22N4. The van der Waals surface area contributed by atoms with E-state index in [0.29, 0.717) is 0 Å². The molecule has 34 heavy (non-hydrogen) atoms. The number of benzene rings is 4. The van der Waals surface area contributed by atoms with Crippen LogP contribution in [0.25, 0.3) is 45.3 Å². The van der Waals surface area contributed by atoms with E-state index in [9.17, 15) is 0 Å². The predicted octanol–water partition coefficient (Wildman–Crippen LogP) is 7.06. The molecule has 0 aliphatic rings. The van der Waals surface area contributed by atoms with E-state index in [0.717, 1.165) is 45.3 Å². The van der Waals surface area contributed by atoms with Gasteiger partial charge in [-0.2, -0.15) is 10.2 Å².